The number of hydrogen-bond donors (Lipinski definition) is 1. The van der Waals surface area contributed by atoms with Gasteiger partial charge < -0.3 is 29.3 Å². The van der Waals surface area contributed by atoms with Crippen LogP contribution in [0.5, 0.6) is 11.5 Å². The van der Waals surface area contributed by atoms with Gasteiger partial charge in [-0.1, -0.05) is 6.07 Å². The normalized spacial score (nSPS) is 14.0. The van der Waals surface area contributed by atoms with Crippen molar-refractivity contribution in [3.05, 3.63) is 23.8 Å². The highest BCUT2D eigenvalue weighted by Gasteiger charge is 2.24. The molecule has 3 amide bonds. The Morgan fingerprint density at radius 2 is 1.64 bits per heavy atom. The highest BCUT2D eigenvalue weighted by atomic mass is 16.5. The lowest BCUT2D eigenvalue weighted by atomic mass is 10.1. The fourth-order valence-electron chi connectivity index (χ4n) is 2.68. The molecule has 138 valence electrons. The number of nitrogens with one attached hydrogen (secondary N) is 1. The number of ether oxygens (including phenoxy) is 3. The Bertz CT molecular complexity index is 600. The number of carbonyl (C=O) groups is 2. The summed E-state index contributed by atoms with van der Waals surface area (Å²) in [5, 5.41) is 2.91. The molecule has 1 heterocycles. The Morgan fingerprint density at radius 3 is 2.24 bits per heavy atom. The van der Waals surface area contributed by atoms with Gasteiger partial charge >= 0.3 is 12.1 Å². The van der Waals surface area contributed by atoms with Crippen molar-refractivity contribution in [1.29, 1.82) is 0 Å². The molecule has 1 aromatic carbocycles. The van der Waals surface area contributed by atoms with Crippen LogP contribution in [0.1, 0.15) is 5.56 Å². The van der Waals surface area contributed by atoms with Gasteiger partial charge in [-0.15, -0.1) is 0 Å². The van der Waals surface area contributed by atoms with Crippen LogP contribution in [-0.4, -0.2) is 76.0 Å². The summed E-state index contributed by atoms with van der Waals surface area (Å²) in [7, 11) is 4.55. The van der Waals surface area contributed by atoms with Gasteiger partial charge in [-0.3, -0.25) is 0 Å². The predicted molar refractivity (Wildman–Crippen MR) is 92.2 cm³/mol. The molecule has 1 fully saturated rings. The van der Waals surface area contributed by atoms with Crippen LogP contribution < -0.4 is 14.8 Å². The smallest absolute Gasteiger partial charge is 0.409 e. The second-order valence-electron chi connectivity index (χ2n) is 5.62. The van der Waals surface area contributed by atoms with E-state index in [1.165, 1.54) is 7.11 Å². The zero-order chi connectivity index (χ0) is 18.2. The monoisotopic (exact) mass is 351 g/mol. The molecule has 2 rings (SSSR count). The Labute approximate surface area is 147 Å². The molecule has 8 nitrogen and oxygen atoms in total. The number of rotatable bonds is 5. The number of piperazine rings is 1. The first-order chi connectivity index (χ1) is 12.1. The lowest BCUT2D eigenvalue weighted by molar-refractivity contribution is 0.0971. The second-order valence-corrected chi connectivity index (χ2v) is 5.62. The predicted octanol–water partition coefficient (Wildman–Crippen LogP) is 1.34. The molecule has 0 aliphatic carbocycles. The topological polar surface area (TPSA) is 80.3 Å². The molecule has 0 spiro atoms. The molecule has 0 saturated carbocycles. The SMILES string of the molecule is COC(=O)N1CCN(C(=O)NCCc2ccc(OC)c(OC)c2)CC1. The van der Waals surface area contributed by atoms with Crippen LogP contribution >= 0.6 is 0 Å². The van der Waals surface area contributed by atoms with Crippen LogP contribution in [0.25, 0.3) is 0 Å². The Hall–Kier alpha value is -2.64. The third-order valence-corrected chi connectivity index (χ3v) is 4.14. The molecule has 0 bridgehead atoms. The van der Waals surface area contributed by atoms with Crippen molar-refractivity contribution >= 4 is 12.1 Å². The highest BCUT2D eigenvalue weighted by Crippen LogP contribution is 2.27. The average Bonchev–Trinajstić information content (AvgIpc) is 2.67. The van der Waals surface area contributed by atoms with Gasteiger partial charge in [0.05, 0.1) is 21.3 Å². The molecule has 1 aliphatic rings. The first kappa shape index (κ1) is 18.7. The zero-order valence-corrected chi connectivity index (χ0v) is 14.9. The molecule has 0 atom stereocenters. The summed E-state index contributed by atoms with van der Waals surface area (Å²) < 4.78 is 15.2. The molecular formula is C17H25N3O5. The van der Waals surface area contributed by atoms with Crippen LogP contribution in [-0.2, 0) is 11.2 Å². The van der Waals surface area contributed by atoms with E-state index in [4.69, 9.17) is 9.47 Å². The van der Waals surface area contributed by atoms with Crippen LogP contribution in [0, 0.1) is 0 Å². The van der Waals surface area contributed by atoms with Gasteiger partial charge in [0.25, 0.3) is 0 Å². The van der Waals surface area contributed by atoms with E-state index in [0.29, 0.717) is 50.6 Å². The van der Waals surface area contributed by atoms with Gasteiger partial charge in [0.2, 0.25) is 0 Å². The number of benzene rings is 1. The fraction of sp³-hybridized carbons (Fsp3) is 0.529. The van der Waals surface area contributed by atoms with Gasteiger partial charge in [-0.05, 0) is 24.1 Å². The minimum absolute atomic E-state index is 0.120. The molecule has 0 aromatic heterocycles. The summed E-state index contributed by atoms with van der Waals surface area (Å²) in [6.45, 7) is 2.48. The van der Waals surface area contributed by atoms with E-state index in [1.807, 2.05) is 18.2 Å². The Balaban J connectivity index is 1.77. The van der Waals surface area contributed by atoms with E-state index in [1.54, 1.807) is 24.0 Å². The van der Waals surface area contributed by atoms with E-state index in [2.05, 4.69) is 10.1 Å². The molecule has 8 heteroatoms. The van der Waals surface area contributed by atoms with Gasteiger partial charge in [0.1, 0.15) is 0 Å². The van der Waals surface area contributed by atoms with Gasteiger partial charge in [-0.25, -0.2) is 9.59 Å². The standard InChI is InChI=1S/C17H25N3O5/c1-23-14-5-4-13(12-15(14)24-2)6-7-18-16(21)19-8-10-20(11-9-19)17(22)25-3/h4-5,12H,6-11H2,1-3H3,(H,18,21). The van der Waals surface area contributed by atoms with E-state index >= 15 is 0 Å². The van der Waals surface area contributed by atoms with Gasteiger partial charge in [0.15, 0.2) is 11.5 Å². The molecule has 0 radical (unpaired) electrons. The highest BCUT2D eigenvalue weighted by molar-refractivity contribution is 5.75. The maximum Gasteiger partial charge on any atom is 0.409 e. The molecule has 1 aliphatic heterocycles. The van der Waals surface area contributed by atoms with Crippen molar-refractivity contribution < 1.29 is 23.8 Å². The molecule has 1 aromatic rings. The first-order valence-corrected chi connectivity index (χ1v) is 8.15. The summed E-state index contributed by atoms with van der Waals surface area (Å²) >= 11 is 0. The van der Waals surface area contributed by atoms with Crippen LogP contribution in [0.4, 0.5) is 9.59 Å². The van der Waals surface area contributed by atoms with E-state index in [9.17, 15) is 9.59 Å². The summed E-state index contributed by atoms with van der Waals surface area (Å²) in [6.07, 6.45) is 0.335. The maximum absolute atomic E-state index is 12.2. The molecule has 25 heavy (non-hydrogen) atoms. The number of hydrogen-bond acceptors (Lipinski definition) is 5. The lowest BCUT2D eigenvalue weighted by Crippen LogP contribution is -2.53. The zero-order valence-electron chi connectivity index (χ0n) is 14.9. The number of amides is 3. The van der Waals surface area contributed by atoms with Gasteiger partial charge in [-0.2, -0.15) is 0 Å². The fourth-order valence-corrected chi connectivity index (χ4v) is 2.68. The van der Waals surface area contributed by atoms with E-state index in [0.717, 1.165) is 5.56 Å². The van der Waals surface area contributed by atoms with Crippen molar-refractivity contribution in [1.82, 2.24) is 15.1 Å². The van der Waals surface area contributed by atoms with Crippen molar-refractivity contribution in [3.8, 4) is 11.5 Å². The van der Waals surface area contributed by atoms with Crippen LogP contribution in [0.15, 0.2) is 18.2 Å². The van der Waals surface area contributed by atoms with Gasteiger partial charge in [0, 0.05) is 32.7 Å². The van der Waals surface area contributed by atoms with Crippen molar-refractivity contribution in [2.24, 2.45) is 0 Å². The minimum Gasteiger partial charge on any atom is -0.493 e. The van der Waals surface area contributed by atoms with Crippen LogP contribution in [0.2, 0.25) is 0 Å². The lowest BCUT2D eigenvalue weighted by Gasteiger charge is -2.33. The van der Waals surface area contributed by atoms with Crippen LogP contribution in [0.3, 0.4) is 0 Å². The van der Waals surface area contributed by atoms with E-state index < -0.39 is 0 Å². The third kappa shape index (κ3) is 4.91. The van der Waals surface area contributed by atoms with Crippen molar-refractivity contribution in [2.45, 2.75) is 6.42 Å². The quantitative estimate of drug-likeness (QED) is 0.866. The Morgan fingerprint density at radius 1 is 1.00 bits per heavy atom. The average molecular weight is 351 g/mol. The first-order valence-electron chi connectivity index (χ1n) is 8.15. The van der Waals surface area contributed by atoms with Crippen molar-refractivity contribution in [2.75, 3.05) is 54.1 Å². The molecule has 0 unspecified atom stereocenters. The summed E-state index contributed by atoms with van der Waals surface area (Å²) in [5.74, 6) is 1.35. The van der Waals surface area contributed by atoms with E-state index in [-0.39, 0.29) is 12.1 Å². The second kappa shape index (κ2) is 9.00. The van der Waals surface area contributed by atoms with Crippen molar-refractivity contribution in [3.63, 3.8) is 0 Å². The summed E-state index contributed by atoms with van der Waals surface area (Å²) in [4.78, 5) is 26.9. The largest absolute Gasteiger partial charge is 0.493 e. The maximum atomic E-state index is 12.2. The summed E-state index contributed by atoms with van der Waals surface area (Å²) in [6, 6.07) is 5.58. The number of methoxy groups -OCH3 is 3. The number of nitrogens with zero attached hydrogens (tertiary/aromatic N) is 2. The molecule has 1 saturated heterocycles. The number of urea groups is 1. The molecule has 1 N–H and O–H groups in total. The molecular weight excluding hydrogens is 326 g/mol. The Kier molecular flexibility index (Phi) is 6.73. The minimum atomic E-state index is -0.353. The number of carbonyl (C=O) groups excluding carboxylic acids is 2. The summed E-state index contributed by atoms with van der Waals surface area (Å²) in [5.41, 5.74) is 1.05. The third-order valence-electron chi connectivity index (χ3n) is 4.14.